The number of benzene rings is 1. The highest BCUT2D eigenvalue weighted by molar-refractivity contribution is 6.03. The maximum absolute atomic E-state index is 13.2. The summed E-state index contributed by atoms with van der Waals surface area (Å²) in [7, 11) is 0. The summed E-state index contributed by atoms with van der Waals surface area (Å²) >= 11 is 0. The SMILES string of the molecule is CC(C)Oc1cc(CC(=O)CCC(C)(F)F)cc(-c2cnc3cc(C(=NO)C4CC4)ccn23)c1. The molecule has 1 aliphatic rings. The molecule has 1 fully saturated rings. The molecule has 6 nitrogen and oxygen atoms in total. The number of fused-ring (bicyclic) bond motifs is 1. The molecule has 0 atom stereocenters. The van der Waals surface area contributed by atoms with Gasteiger partial charge in [-0.2, -0.15) is 0 Å². The van der Waals surface area contributed by atoms with Crippen molar-refractivity contribution in [3.8, 4) is 17.0 Å². The second kappa shape index (κ2) is 9.52. The third kappa shape index (κ3) is 5.79. The van der Waals surface area contributed by atoms with Crippen molar-refractivity contribution < 1.29 is 23.5 Å². The van der Waals surface area contributed by atoms with Gasteiger partial charge in [0, 0.05) is 42.5 Å². The van der Waals surface area contributed by atoms with Crippen LogP contribution in [0.15, 0.2) is 47.9 Å². The van der Waals surface area contributed by atoms with E-state index in [0.29, 0.717) is 28.6 Å². The number of ether oxygens (including phenoxy) is 1. The summed E-state index contributed by atoms with van der Waals surface area (Å²) < 4.78 is 34.2. The Bertz CT molecular complexity index is 1220. The molecule has 8 heteroatoms. The number of ketones is 1. The lowest BCUT2D eigenvalue weighted by Crippen LogP contribution is -2.13. The molecular weight excluding hydrogens is 440 g/mol. The second-order valence-corrected chi connectivity index (χ2v) is 9.36. The van der Waals surface area contributed by atoms with Gasteiger partial charge in [0.15, 0.2) is 0 Å². The Morgan fingerprint density at radius 2 is 2.06 bits per heavy atom. The summed E-state index contributed by atoms with van der Waals surface area (Å²) in [6, 6.07) is 9.33. The number of hydrogen-bond acceptors (Lipinski definition) is 5. The zero-order valence-corrected chi connectivity index (χ0v) is 19.6. The number of nitrogens with zero attached hydrogens (tertiary/aromatic N) is 3. The van der Waals surface area contributed by atoms with Gasteiger partial charge in [-0.3, -0.25) is 9.20 Å². The fourth-order valence-electron chi connectivity index (χ4n) is 4.01. The van der Waals surface area contributed by atoms with E-state index in [1.54, 1.807) is 12.3 Å². The molecule has 0 spiro atoms. The lowest BCUT2D eigenvalue weighted by atomic mass is 10.0. The fourth-order valence-corrected chi connectivity index (χ4v) is 4.01. The minimum absolute atomic E-state index is 0.0526. The van der Waals surface area contributed by atoms with Crippen molar-refractivity contribution >= 4 is 17.1 Å². The van der Waals surface area contributed by atoms with Crippen LogP contribution in [0.5, 0.6) is 5.75 Å². The van der Waals surface area contributed by atoms with Crippen molar-refractivity contribution in [3.05, 3.63) is 53.9 Å². The van der Waals surface area contributed by atoms with Crippen LogP contribution < -0.4 is 4.74 Å². The average Bonchev–Trinajstić information content (AvgIpc) is 3.49. The van der Waals surface area contributed by atoms with Crippen LogP contribution in [0.1, 0.15) is 57.6 Å². The first kappa shape index (κ1) is 23.9. The van der Waals surface area contributed by atoms with Crippen LogP contribution >= 0.6 is 0 Å². The normalized spacial score (nSPS) is 14.7. The van der Waals surface area contributed by atoms with E-state index in [0.717, 1.165) is 36.6 Å². The third-order valence-corrected chi connectivity index (χ3v) is 5.76. The topological polar surface area (TPSA) is 76.2 Å². The number of pyridine rings is 1. The Kier molecular flexibility index (Phi) is 6.68. The molecule has 0 radical (unpaired) electrons. The number of carbonyl (C=O) groups excluding carboxylic acids is 1. The van der Waals surface area contributed by atoms with E-state index in [1.165, 1.54) is 0 Å². The number of imidazole rings is 1. The number of aromatic nitrogens is 2. The standard InChI is InChI=1S/C26H29F2N3O3/c1-16(2)34-22-12-17(11-21(32)6-8-26(3,27)28)10-20(13-22)23-15-29-24-14-19(7-9-31(23)24)25(30-33)18-4-5-18/h7,9-10,12-16,18,33H,4-6,8,11H2,1-3H3. The van der Waals surface area contributed by atoms with Crippen molar-refractivity contribution in [2.24, 2.45) is 11.1 Å². The van der Waals surface area contributed by atoms with Gasteiger partial charge < -0.3 is 9.94 Å². The minimum atomic E-state index is -2.86. The molecule has 1 aromatic carbocycles. The third-order valence-electron chi connectivity index (χ3n) is 5.76. The van der Waals surface area contributed by atoms with E-state index in [1.807, 2.05) is 48.7 Å². The number of oxime groups is 1. The van der Waals surface area contributed by atoms with Gasteiger partial charge in [-0.05, 0) is 69.5 Å². The number of hydrogen-bond donors (Lipinski definition) is 1. The average molecular weight is 470 g/mol. The molecule has 1 N–H and O–H groups in total. The van der Waals surface area contributed by atoms with Gasteiger partial charge in [-0.1, -0.05) is 5.16 Å². The molecule has 4 rings (SSSR count). The number of halogens is 2. The van der Waals surface area contributed by atoms with Gasteiger partial charge in [0.1, 0.15) is 17.2 Å². The first-order valence-electron chi connectivity index (χ1n) is 11.5. The second-order valence-electron chi connectivity index (χ2n) is 9.36. The maximum atomic E-state index is 13.2. The van der Waals surface area contributed by atoms with E-state index in [2.05, 4.69) is 10.1 Å². The predicted molar refractivity (Wildman–Crippen MR) is 126 cm³/mol. The molecule has 0 saturated heterocycles. The van der Waals surface area contributed by atoms with Crippen LogP contribution in [0.2, 0.25) is 0 Å². The van der Waals surface area contributed by atoms with E-state index in [-0.39, 0.29) is 24.7 Å². The molecule has 2 aromatic heterocycles. The fraction of sp³-hybridized carbons (Fsp3) is 0.423. The van der Waals surface area contributed by atoms with Crippen LogP contribution in [0, 0.1) is 5.92 Å². The molecule has 0 aliphatic heterocycles. The zero-order chi connectivity index (χ0) is 24.5. The Hall–Kier alpha value is -3.29. The largest absolute Gasteiger partial charge is 0.491 e. The molecule has 3 aromatic rings. The Morgan fingerprint density at radius 1 is 1.29 bits per heavy atom. The molecule has 1 saturated carbocycles. The highest BCUT2D eigenvalue weighted by atomic mass is 19.3. The molecule has 0 amide bonds. The van der Waals surface area contributed by atoms with Crippen molar-refractivity contribution in [1.82, 2.24) is 9.38 Å². The van der Waals surface area contributed by atoms with E-state index >= 15 is 0 Å². The van der Waals surface area contributed by atoms with Gasteiger partial charge in [-0.15, -0.1) is 0 Å². The number of Topliss-reactive ketones (excluding diaryl/α,β-unsaturated/α-hetero) is 1. The van der Waals surface area contributed by atoms with Crippen molar-refractivity contribution in [2.45, 2.75) is 64.9 Å². The lowest BCUT2D eigenvalue weighted by molar-refractivity contribution is -0.120. The predicted octanol–water partition coefficient (Wildman–Crippen LogP) is 5.92. The van der Waals surface area contributed by atoms with Gasteiger partial charge in [-0.25, -0.2) is 13.8 Å². The quantitative estimate of drug-likeness (QED) is 0.227. The number of alkyl halides is 2. The van der Waals surface area contributed by atoms with Crippen LogP contribution in [0.3, 0.4) is 0 Å². The van der Waals surface area contributed by atoms with E-state index < -0.39 is 12.3 Å². The molecule has 0 unspecified atom stereocenters. The van der Waals surface area contributed by atoms with Crippen LogP contribution in [-0.2, 0) is 11.2 Å². The zero-order valence-electron chi connectivity index (χ0n) is 19.6. The molecule has 0 bridgehead atoms. The Balaban J connectivity index is 1.65. The lowest BCUT2D eigenvalue weighted by Gasteiger charge is -2.14. The monoisotopic (exact) mass is 469 g/mol. The highest BCUT2D eigenvalue weighted by Gasteiger charge is 2.29. The van der Waals surface area contributed by atoms with Crippen LogP contribution in [0.25, 0.3) is 16.9 Å². The van der Waals surface area contributed by atoms with Crippen LogP contribution in [-0.4, -0.2) is 38.1 Å². The Morgan fingerprint density at radius 3 is 2.71 bits per heavy atom. The molecule has 180 valence electrons. The Labute approximate surface area is 197 Å². The summed E-state index contributed by atoms with van der Waals surface area (Å²) in [6.07, 6.45) is 5.00. The molecule has 2 heterocycles. The van der Waals surface area contributed by atoms with Crippen molar-refractivity contribution in [1.29, 1.82) is 0 Å². The summed E-state index contributed by atoms with van der Waals surface area (Å²) in [5, 5.41) is 12.9. The molecular formula is C26H29F2N3O3. The summed E-state index contributed by atoms with van der Waals surface area (Å²) in [4.78, 5) is 16.9. The summed E-state index contributed by atoms with van der Waals surface area (Å²) in [5.41, 5.74) is 4.53. The summed E-state index contributed by atoms with van der Waals surface area (Å²) in [5.74, 6) is -2.21. The van der Waals surface area contributed by atoms with Gasteiger partial charge >= 0.3 is 0 Å². The van der Waals surface area contributed by atoms with Crippen LogP contribution in [0.4, 0.5) is 8.78 Å². The minimum Gasteiger partial charge on any atom is -0.491 e. The van der Waals surface area contributed by atoms with E-state index in [9.17, 15) is 18.8 Å². The maximum Gasteiger partial charge on any atom is 0.245 e. The van der Waals surface area contributed by atoms with Gasteiger partial charge in [0.25, 0.3) is 0 Å². The molecule has 34 heavy (non-hydrogen) atoms. The molecule has 1 aliphatic carbocycles. The smallest absolute Gasteiger partial charge is 0.245 e. The van der Waals surface area contributed by atoms with E-state index in [4.69, 9.17) is 4.74 Å². The van der Waals surface area contributed by atoms with Crippen molar-refractivity contribution in [2.75, 3.05) is 0 Å². The highest BCUT2D eigenvalue weighted by Crippen LogP contribution is 2.34. The van der Waals surface area contributed by atoms with Gasteiger partial charge in [0.2, 0.25) is 5.92 Å². The first-order valence-corrected chi connectivity index (χ1v) is 11.5. The van der Waals surface area contributed by atoms with Crippen molar-refractivity contribution in [3.63, 3.8) is 0 Å². The first-order chi connectivity index (χ1) is 16.1. The number of rotatable bonds is 10. The van der Waals surface area contributed by atoms with Gasteiger partial charge in [0.05, 0.1) is 23.7 Å². The summed E-state index contributed by atoms with van der Waals surface area (Å²) in [6.45, 7) is 4.65. The number of carbonyl (C=O) groups is 1.